The molecule has 0 spiro atoms. The maximum atomic E-state index is 12.4. The van der Waals surface area contributed by atoms with Gasteiger partial charge in [0.25, 0.3) is 0 Å². The Balaban J connectivity index is 1.24. The zero-order valence-electron chi connectivity index (χ0n) is 15.7. The molecule has 1 saturated heterocycles. The number of benzene rings is 2. The topological polar surface area (TPSA) is 74.4 Å². The lowest BCUT2D eigenvalue weighted by atomic mass is 10.1. The number of piperidine rings is 1. The van der Waals surface area contributed by atoms with Crippen LogP contribution < -0.4 is 9.46 Å². The Hall–Kier alpha value is -2.35. The van der Waals surface area contributed by atoms with Crippen molar-refractivity contribution in [3.8, 4) is 5.75 Å². The van der Waals surface area contributed by atoms with Crippen molar-refractivity contribution in [2.75, 3.05) is 26.2 Å². The van der Waals surface area contributed by atoms with Gasteiger partial charge >= 0.3 is 0 Å². The fraction of sp³-hybridized carbons (Fsp3) is 0.333. The van der Waals surface area contributed by atoms with Gasteiger partial charge in [-0.05, 0) is 56.3 Å². The molecule has 0 bridgehead atoms. The summed E-state index contributed by atoms with van der Waals surface area (Å²) in [6, 6.07) is 16.6. The number of aromatic amines is 1. The number of fused-ring (bicyclic) bond motifs is 1. The first kappa shape index (κ1) is 19.0. The van der Waals surface area contributed by atoms with Gasteiger partial charge in [0, 0.05) is 29.7 Å². The molecular formula is C21H25N3O3S. The molecule has 7 heteroatoms. The number of aromatic nitrogens is 1. The minimum absolute atomic E-state index is 0.0176. The summed E-state index contributed by atoms with van der Waals surface area (Å²) in [5.41, 5.74) is 1.07. The number of ether oxygens (including phenoxy) is 1. The molecular weight excluding hydrogens is 374 g/mol. The van der Waals surface area contributed by atoms with Gasteiger partial charge in [-0.1, -0.05) is 24.3 Å². The fourth-order valence-electron chi connectivity index (χ4n) is 3.63. The minimum Gasteiger partial charge on any atom is -0.492 e. The standard InChI is InChI=1S/C21H25N3O3S/c25-28(26,18-5-2-1-3-6-18)23-17-10-13-24(14-11-17)15-16-27-21-8-4-7-20-19(21)9-12-22-20/h1-9,12,17,22-23H,10-11,13-16H2. The minimum atomic E-state index is -3.44. The van der Waals surface area contributed by atoms with Crippen LogP contribution in [0.2, 0.25) is 0 Å². The molecule has 0 aliphatic carbocycles. The number of sulfonamides is 1. The number of hydrogen-bond acceptors (Lipinski definition) is 4. The quantitative estimate of drug-likeness (QED) is 0.641. The van der Waals surface area contributed by atoms with E-state index in [0.717, 1.165) is 49.1 Å². The highest BCUT2D eigenvalue weighted by Crippen LogP contribution is 2.24. The summed E-state index contributed by atoms with van der Waals surface area (Å²) in [6.45, 7) is 3.17. The second-order valence-electron chi connectivity index (χ2n) is 7.09. The van der Waals surface area contributed by atoms with Crippen LogP contribution in [0.3, 0.4) is 0 Å². The molecule has 2 aromatic carbocycles. The molecule has 0 unspecified atom stereocenters. The average molecular weight is 400 g/mol. The molecule has 148 valence electrons. The highest BCUT2D eigenvalue weighted by atomic mass is 32.2. The van der Waals surface area contributed by atoms with Gasteiger partial charge in [-0.3, -0.25) is 4.90 Å². The van der Waals surface area contributed by atoms with Gasteiger partial charge in [0.05, 0.1) is 4.90 Å². The lowest BCUT2D eigenvalue weighted by molar-refractivity contribution is 0.171. The third kappa shape index (κ3) is 4.38. The Morgan fingerprint density at radius 2 is 1.82 bits per heavy atom. The average Bonchev–Trinajstić information content (AvgIpc) is 3.20. The number of hydrogen-bond donors (Lipinski definition) is 2. The summed E-state index contributed by atoms with van der Waals surface area (Å²) in [7, 11) is -3.44. The molecule has 0 amide bonds. The van der Waals surface area contributed by atoms with Crippen molar-refractivity contribution in [3.63, 3.8) is 0 Å². The first-order chi connectivity index (χ1) is 13.6. The van der Waals surface area contributed by atoms with Gasteiger partial charge in [0.1, 0.15) is 12.4 Å². The number of nitrogens with one attached hydrogen (secondary N) is 2. The molecule has 1 aliphatic heterocycles. The highest BCUT2D eigenvalue weighted by molar-refractivity contribution is 7.89. The Bertz CT molecular complexity index is 1010. The van der Waals surface area contributed by atoms with E-state index < -0.39 is 10.0 Å². The summed E-state index contributed by atoms with van der Waals surface area (Å²) in [5, 5.41) is 1.09. The van der Waals surface area contributed by atoms with Crippen LogP contribution in [0.4, 0.5) is 0 Å². The zero-order valence-corrected chi connectivity index (χ0v) is 16.5. The molecule has 2 heterocycles. The van der Waals surface area contributed by atoms with Crippen LogP contribution in [-0.4, -0.2) is 50.6 Å². The van der Waals surface area contributed by atoms with E-state index in [1.807, 2.05) is 36.5 Å². The van der Waals surface area contributed by atoms with E-state index in [-0.39, 0.29) is 6.04 Å². The van der Waals surface area contributed by atoms with Crippen LogP contribution in [0.25, 0.3) is 10.9 Å². The Morgan fingerprint density at radius 1 is 1.04 bits per heavy atom. The zero-order chi connectivity index (χ0) is 19.4. The van der Waals surface area contributed by atoms with Crippen LogP contribution in [0.5, 0.6) is 5.75 Å². The predicted octanol–water partition coefficient (Wildman–Crippen LogP) is 2.99. The van der Waals surface area contributed by atoms with Crippen molar-refractivity contribution in [2.24, 2.45) is 0 Å². The summed E-state index contributed by atoms with van der Waals surface area (Å²) < 4.78 is 33.7. The molecule has 0 saturated carbocycles. The first-order valence-corrected chi connectivity index (χ1v) is 11.1. The smallest absolute Gasteiger partial charge is 0.240 e. The van der Waals surface area contributed by atoms with Crippen molar-refractivity contribution >= 4 is 20.9 Å². The Labute approximate surface area is 165 Å². The molecule has 4 rings (SSSR count). The normalized spacial score (nSPS) is 16.4. The molecule has 1 aromatic heterocycles. The van der Waals surface area contributed by atoms with Crippen LogP contribution in [0.15, 0.2) is 65.7 Å². The number of likely N-dealkylation sites (tertiary alicyclic amines) is 1. The molecule has 28 heavy (non-hydrogen) atoms. The Kier molecular flexibility index (Phi) is 5.66. The lowest BCUT2D eigenvalue weighted by Crippen LogP contribution is -2.45. The SMILES string of the molecule is O=S(=O)(NC1CCN(CCOc2cccc3[nH]ccc23)CC1)c1ccccc1. The van der Waals surface area contributed by atoms with Crippen molar-refractivity contribution < 1.29 is 13.2 Å². The molecule has 6 nitrogen and oxygen atoms in total. The van der Waals surface area contributed by atoms with E-state index in [9.17, 15) is 8.42 Å². The second-order valence-corrected chi connectivity index (χ2v) is 8.81. The van der Waals surface area contributed by atoms with E-state index in [4.69, 9.17) is 4.74 Å². The van der Waals surface area contributed by atoms with E-state index in [1.54, 1.807) is 24.3 Å². The van der Waals surface area contributed by atoms with Crippen molar-refractivity contribution in [1.82, 2.24) is 14.6 Å². The summed E-state index contributed by atoms with van der Waals surface area (Å²) >= 11 is 0. The second kappa shape index (κ2) is 8.34. The largest absolute Gasteiger partial charge is 0.492 e. The van der Waals surface area contributed by atoms with Crippen LogP contribution in [0.1, 0.15) is 12.8 Å². The van der Waals surface area contributed by atoms with E-state index in [0.29, 0.717) is 11.5 Å². The maximum Gasteiger partial charge on any atom is 0.240 e. The monoisotopic (exact) mass is 399 g/mol. The van der Waals surface area contributed by atoms with Gasteiger partial charge in [-0.2, -0.15) is 0 Å². The number of nitrogens with zero attached hydrogens (tertiary/aromatic N) is 1. The van der Waals surface area contributed by atoms with Gasteiger partial charge in [0.2, 0.25) is 10.0 Å². The molecule has 3 aromatic rings. The van der Waals surface area contributed by atoms with E-state index in [2.05, 4.69) is 14.6 Å². The molecule has 1 aliphatic rings. The lowest BCUT2D eigenvalue weighted by Gasteiger charge is -2.32. The van der Waals surface area contributed by atoms with Crippen LogP contribution in [0, 0.1) is 0 Å². The van der Waals surface area contributed by atoms with Gasteiger partial charge in [0.15, 0.2) is 0 Å². The third-order valence-corrected chi connectivity index (χ3v) is 6.72. The molecule has 0 radical (unpaired) electrons. The number of H-pyrrole nitrogens is 1. The van der Waals surface area contributed by atoms with Crippen molar-refractivity contribution in [2.45, 2.75) is 23.8 Å². The summed E-state index contributed by atoms with van der Waals surface area (Å²) in [4.78, 5) is 5.84. The van der Waals surface area contributed by atoms with Crippen molar-refractivity contribution in [1.29, 1.82) is 0 Å². The van der Waals surface area contributed by atoms with Crippen LogP contribution in [-0.2, 0) is 10.0 Å². The molecule has 1 fully saturated rings. The highest BCUT2D eigenvalue weighted by Gasteiger charge is 2.24. The summed E-state index contributed by atoms with van der Waals surface area (Å²) in [5.74, 6) is 0.893. The van der Waals surface area contributed by atoms with Gasteiger partial charge in [-0.25, -0.2) is 13.1 Å². The van der Waals surface area contributed by atoms with Gasteiger partial charge < -0.3 is 9.72 Å². The summed E-state index contributed by atoms with van der Waals surface area (Å²) in [6.07, 6.45) is 3.53. The fourth-order valence-corrected chi connectivity index (χ4v) is 4.95. The van der Waals surface area contributed by atoms with E-state index in [1.165, 1.54) is 0 Å². The van der Waals surface area contributed by atoms with Crippen molar-refractivity contribution in [3.05, 3.63) is 60.8 Å². The predicted molar refractivity (Wildman–Crippen MR) is 110 cm³/mol. The molecule has 0 atom stereocenters. The van der Waals surface area contributed by atoms with E-state index >= 15 is 0 Å². The number of rotatable bonds is 7. The van der Waals surface area contributed by atoms with Crippen LogP contribution >= 0.6 is 0 Å². The maximum absolute atomic E-state index is 12.4. The van der Waals surface area contributed by atoms with Gasteiger partial charge in [-0.15, -0.1) is 0 Å². The molecule has 2 N–H and O–H groups in total. The Morgan fingerprint density at radius 3 is 2.61 bits per heavy atom. The first-order valence-electron chi connectivity index (χ1n) is 9.60. The third-order valence-electron chi connectivity index (χ3n) is 5.18.